The van der Waals surface area contributed by atoms with Crippen molar-refractivity contribution >= 4 is 9.84 Å². The largest absolute Gasteiger partial charge is 0.392 e. The topological polar surface area (TPSA) is 54.4 Å². The first kappa shape index (κ1) is 9.95. The van der Waals surface area contributed by atoms with Crippen LogP contribution in [0.2, 0.25) is 0 Å². The number of hydrogen-bond donors (Lipinski definition) is 1. The van der Waals surface area contributed by atoms with Crippen molar-refractivity contribution in [3.63, 3.8) is 0 Å². The molecule has 0 saturated carbocycles. The van der Waals surface area contributed by atoms with Gasteiger partial charge in [0.2, 0.25) is 0 Å². The summed E-state index contributed by atoms with van der Waals surface area (Å²) in [4.78, 5) is 0.236. The summed E-state index contributed by atoms with van der Waals surface area (Å²) in [6, 6.07) is 8.07. The van der Waals surface area contributed by atoms with E-state index in [1.54, 1.807) is 18.2 Å². The van der Waals surface area contributed by atoms with Gasteiger partial charge in [0.1, 0.15) is 0 Å². The van der Waals surface area contributed by atoms with Crippen molar-refractivity contribution in [2.45, 2.75) is 4.90 Å². The summed E-state index contributed by atoms with van der Waals surface area (Å²) in [7, 11) is -3.36. The molecule has 4 heteroatoms. The standard InChI is InChI=1S/C9H10O3S/c10-7-4-8-13(11,12)9-5-2-1-3-6-9/h1-6,8,10H,7H2. The summed E-state index contributed by atoms with van der Waals surface area (Å²) < 4.78 is 22.8. The number of aliphatic hydroxyl groups is 1. The molecular weight excluding hydrogens is 188 g/mol. The Bertz CT molecular complexity index is 379. The van der Waals surface area contributed by atoms with Crippen molar-refractivity contribution in [1.29, 1.82) is 0 Å². The van der Waals surface area contributed by atoms with Crippen molar-refractivity contribution in [3.05, 3.63) is 41.8 Å². The highest BCUT2D eigenvalue weighted by Crippen LogP contribution is 2.10. The minimum Gasteiger partial charge on any atom is -0.392 e. The van der Waals surface area contributed by atoms with Crippen molar-refractivity contribution in [2.75, 3.05) is 6.61 Å². The van der Waals surface area contributed by atoms with Gasteiger partial charge in [-0.15, -0.1) is 0 Å². The first-order valence-corrected chi connectivity index (χ1v) is 5.29. The van der Waals surface area contributed by atoms with Crippen LogP contribution in [0.3, 0.4) is 0 Å². The van der Waals surface area contributed by atoms with Crippen molar-refractivity contribution in [2.24, 2.45) is 0 Å². The summed E-state index contributed by atoms with van der Waals surface area (Å²) in [5.74, 6) is 0. The third kappa shape index (κ3) is 2.68. The molecule has 1 rings (SSSR count). The Hall–Kier alpha value is -1.13. The van der Waals surface area contributed by atoms with Gasteiger partial charge in [0, 0.05) is 5.41 Å². The van der Waals surface area contributed by atoms with Gasteiger partial charge < -0.3 is 5.11 Å². The number of rotatable bonds is 3. The molecule has 0 aliphatic heterocycles. The molecule has 0 aliphatic carbocycles. The average Bonchev–Trinajstić information content (AvgIpc) is 2.16. The lowest BCUT2D eigenvalue weighted by atomic mass is 10.4. The molecule has 0 saturated heterocycles. The molecule has 1 aromatic rings. The van der Waals surface area contributed by atoms with E-state index in [-0.39, 0.29) is 11.5 Å². The van der Waals surface area contributed by atoms with E-state index < -0.39 is 9.84 Å². The normalized spacial score (nSPS) is 12.1. The fourth-order valence-electron chi connectivity index (χ4n) is 0.858. The van der Waals surface area contributed by atoms with Gasteiger partial charge in [0.15, 0.2) is 9.84 Å². The maximum absolute atomic E-state index is 11.4. The van der Waals surface area contributed by atoms with Crippen LogP contribution in [0.4, 0.5) is 0 Å². The number of benzene rings is 1. The van der Waals surface area contributed by atoms with Crippen LogP contribution in [0.25, 0.3) is 0 Å². The Labute approximate surface area is 77.3 Å². The monoisotopic (exact) mass is 198 g/mol. The lowest BCUT2D eigenvalue weighted by Crippen LogP contribution is -1.95. The predicted octanol–water partition coefficient (Wildman–Crippen LogP) is 0.966. The van der Waals surface area contributed by atoms with E-state index >= 15 is 0 Å². The van der Waals surface area contributed by atoms with E-state index in [1.807, 2.05) is 0 Å². The van der Waals surface area contributed by atoms with E-state index in [1.165, 1.54) is 18.2 Å². The molecule has 0 heterocycles. The van der Waals surface area contributed by atoms with Crippen LogP contribution < -0.4 is 0 Å². The van der Waals surface area contributed by atoms with Crippen LogP contribution >= 0.6 is 0 Å². The second-order valence-corrected chi connectivity index (χ2v) is 4.25. The van der Waals surface area contributed by atoms with Crippen molar-refractivity contribution < 1.29 is 13.5 Å². The third-order valence-corrected chi connectivity index (χ3v) is 2.93. The van der Waals surface area contributed by atoms with Gasteiger partial charge in [-0.3, -0.25) is 0 Å². The first-order chi connectivity index (χ1) is 6.17. The molecule has 13 heavy (non-hydrogen) atoms. The molecule has 1 N–H and O–H groups in total. The number of aliphatic hydroxyl groups excluding tert-OH is 1. The molecule has 0 spiro atoms. The summed E-state index contributed by atoms with van der Waals surface area (Å²) >= 11 is 0. The zero-order chi connectivity index (χ0) is 9.73. The molecule has 70 valence electrons. The molecule has 1 aromatic carbocycles. The lowest BCUT2D eigenvalue weighted by Gasteiger charge is -1.96. The zero-order valence-corrected chi connectivity index (χ0v) is 7.74. The fourth-order valence-corrected chi connectivity index (χ4v) is 1.89. The van der Waals surface area contributed by atoms with Crippen molar-refractivity contribution in [3.8, 4) is 0 Å². The molecule has 3 nitrogen and oxygen atoms in total. The Morgan fingerprint density at radius 2 is 1.85 bits per heavy atom. The highest BCUT2D eigenvalue weighted by molar-refractivity contribution is 7.94. The molecule has 0 fully saturated rings. The SMILES string of the molecule is O=S(=O)(C=CCO)c1ccccc1. The van der Waals surface area contributed by atoms with E-state index in [0.717, 1.165) is 5.41 Å². The average molecular weight is 198 g/mol. The summed E-state index contributed by atoms with van der Waals surface area (Å²) in [6.07, 6.45) is 1.20. The van der Waals surface area contributed by atoms with E-state index in [2.05, 4.69) is 0 Å². The van der Waals surface area contributed by atoms with Gasteiger partial charge in [0.05, 0.1) is 11.5 Å². The highest BCUT2D eigenvalue weighted by Gasteiger charge is 2.07. The minimum atomic E-state index is -3.36. The van der Waals surface area contributed by atoms with E-state index in [9.17, 15) is 8.42 Å². The number of sulfone groups is 1. The van der Waals surface area contributed by atoms with Crippen LogP contribution in [0, 0.1) is 0 Å². The molecule has 0 atom stereocenters. The molecule has 0 unspecified atom stereocenters. The quantitative estimate of drug-likeness (QED) is 0.787. The third-order valence-electron chi connectivity index (χ3n) is 1.45. The molecule has 0 aliphatic rings. The van der Waals surface area contributed by atoms with E-state index in [0.29, 0.717) is 0 Å². The Morgan fingerprint density at radius 3 is 2.38 bits per heavy atom. The van der Waals surface area contributed by atoms with Gasteiger partial charge >= 0.3 is 0 Å². The molecule has 0 aromatic heterocycles. The summed E-state index contributed by atoms with van der Waals surface area (Å²) in [5, 5.41) is 9.43. The van der Waals surface area contributed by atoms with Crippen LogP contribution in [-0.4, -0.2) is 20.1 Å². The second kappa shape index (κ2) is 4.20. The van der Waals surface area contributed by atoms with Crippen LogP contribution in [0.15, 0.2) is 46.7 Å². The smallest absolute Gasteiger partial charge is 0.199 e. The maximum atomic E-state index is 11.4. The van der Waals surface area contributed by atoms with Gasteiger partial charge in [-0.1, -0.05) is 18.2 Å². The predicted molar refractivity (Wildman–Crippen MR) is 49.9 cm³/mol. The van der Waals surface area contributed by atoms with Crippen molar-refractivity contribution in [1.82, 2.24) is 0 Å². The van der Waals surface area contributed by atoms with Crippen LogP contribution in [0.1, 0.15) is 0 Å². The van der Waals surface area contributed by atoms with E-state index in [4.69, 9.17) is 5.11 Å². The first-order valence-electron chi connectivity index (χ1n) is 3.74. The molecule has 0 amide bonds. The van der Waals surface area contributed by atoms with Crippen LogP contribution in [-0.2, 0) is 9.84 Å². The number of hydrogen-bond acceptors (Lipinski definition) is 3. The Kier molecular flexibility index (Phi) is 3.22. The maximum Gasteiger partial charge on any atom is 0.199 e. The van der Waals surface area contributed by atoms with Gasteiger partial charge in [-0.25, -0.2) is 8.42 Å². The van der Waals surface area contributed by atoms with Crippen LogP contribution in [0.5, 0.6) is 0 Å². The minimum absolute atomic E-state index is 0.236. The molecule has 0 bridgehead atoms. The van der Waals surface area contributed by atoms with Gasteiger partial charge in [-0.2, -0.15) is 0 Å². The van der Waals surface area contributed by atoms with Gasteiger partial charge in [-0.05, 0) is 18.2 Å². The van der Waals surface area contributed by atoms with Gasteiger partial charge in [0.25, 0.3) is 0 Å². The zero-order valence-electron chi connectivity index (χ0n) is 6.92. The lowest BCUT2D eigenvalue weighted by molar-refractivity contribution is 0.343. The second-order valence-electron chi connectivity index (χ2n) is 2.41. The fraction of sp³-hybridized carbons (Fsp3) is 0.111. The summed E-state index contributed by atoms with van der Waals surface area (Å²) in [5.41, 5.74) is 0. The highest BCUT2D eigenvalue weighted by atomic mass is 32.2. The Morgan fingerprint density at radius 1 is 1.23 bits per heavy atom. The Balaban J connectivity index is 3.02. The molecular formula is C9H10O3S. The molecule has 0 radical (unpaired) electrons. The summed E-state index contributed by atoms with van der Waals surface area (Å²) in [6.45, 7) is -0.272.